The summed E-state index contributed by atoms with van der Waals surface area (Å²) in [6.07, 6.45) is -14.8. The van der Waals surface area contributed by atoms with Crippen LogP contribution in [0, 0.1) is 0 Å². The lowest BCUT2D eigenvalue weighted by Crippen LogP contribution is -2.65. The largest absolute Gasteiger partial charge is 0.394 e. The molecule has 0 saturated carbocycles. The van der Waals surface area contributed by atoms with E-state index in [0.717, 1.165) is 0 Å². The topological polar surface area (TPSA) is 175 Å². The van der Waals surface area contributed by atoms with Gasteiger partial charge in [-0.2, -0.15) is 0 Å². The minimum atomic E-state index is -1.80. The quantitative estimate of drug-likeness (QED) is 0.256. The lowest BCUT2D eigenvalue weighted by Gasteiger charge is -2.46. The molecule has 2 fully saturated rings. The number of aliphatic hydroxyl groups excluding tert-OH is 6. The van der Waals surface area contributed by atoms with Gasteiger partial charge in [0.05, 0.1) is 12.2 Å². The molecular formula is C16H28O11. The molecule has 0 aliphatic carbocycles. The molecule has 0 radical (unpaired) electrons. The van der Waals surface area contributed by atoms with Gasteiger partial charge in [0.15, 0.2) is 18.9 Å². The molecule has 2 aliphatic rings. The van der Waals surface area contributed by atoms with Crippen LogP contribution in [0.25, 0.3) is 0 Å². The number of rotatable bonds is 5. The maximum absolute atomic E-state index is 11.2. The number of ether oxygens (including phenoxy) is 4. The summed E-state index contributed by atoms with van der Waals surface area (Å²) in [7, 11) is 0. The van der Waals surface area contributed by atoms with E-state index in [0.29, 0.717) is 0 Å². The summed E-state index contributed by atoms with van der Waals surface area (Å²) in [5.41, 5.74) is -0.756. The van der Waals surface area contributed by atoms with Gasteiger partial charge in [0.25, 0.3) is 0 Å². The molecule has 2 heterocycles. The third kappa shape index (κ3) is 5.01. The van der Waals surface area contributed by atoms with E-state index in [4.69, 9.17) is 18.9 Å². The van der Waals surface area contributed by atoms with Crippen molar-refractivity contribution in [1.82, 2.24) is 0 Å². The first-order valence-electron chi connectivity index (χ1n) is 8.61. The molecule has 11 heteroatoms. The van der Waals surface area contributed by atoms with Crippen molar-refractivity contribution in [2.45, 2.75) is 87.8 Å². The van der Waals surface area contributed by atoms with Crippen LogP contribution in [0.3, 0.4) is 0 Å². The molecule has 2 saturated heterocycles. The van der Waals surface area contributed by atoms with Crippen molar-refractivity contribution in [3.8, 4) is 0 Å². The SMILES string of the molecule is CC(C)(C)OC1C(O)C(CO)OC(OC2C(C=O)OC(O)C(O)C2O)C1O. The van der Waals surface area contributed by atoms with Gasteiger partial charge in [-0.1, -0.05) is 0 Å². The van der Waals surface area contributed by atoms with Crippen LogP contribution in [0.1, 0.15) is 20.8 Å². The highest BCUT2D eigenvalue weighted by molar-refractivity contribution is 5.57. The molecule has 0 amide bonds. The van der Waals surface area contributed by atoms with E-state index in [-0.39, 0.29) is 6.29 Å². The summed E-state index contributed by atoms with van der Waals surface area (Å²) in [5.74, 6) is 0. The van der Waals surface area contributed by atoms with Gasteiger partial charge in [0.2, 0.25) is 0 Å². The molecule has 0 spiro atoms. The first-order chi connectivity index (χ1) is 12.5. The van der Waals surface area contributed by atoms with Gasteiger partial charge in [-0.25, -0.2) is 0 Å². The molecule has 11 nitrogen and oxygen atoms in total. The van der Waals surface area contributed by atoms with Crippen molar-refractivity contribution < 1.29 is 54.4 Å². The third-order valence-corrected chi connectivity index (χ3v) is 4.34. The van der Waals surface area contributed by atoms with E-state index in [2.05, 4.69) is 0 Å². The molecule has 158 valence electrons. The van der Waals surface area contributed by atoms with E-state index < -0.39 is 73.6 Å². The van der Waals surface area contributed by atoms with Gasteiger partial charge in [0.1, 0.15) is 48.8 Å². The van der Waals surface area contributed by atoms with E-state index in [9.17, 15) is 35.4 Å². The summed E-state index contributed by atoms with van der Waals surface area (Å²) in [6.45, 7) is 4.49. The highest BCUT2D eigenvalue weighted by Gasteiger charge is 2.51. The van der Waals surface area contributed by atoms with E-state index in [1.807, 2.05) is 0 Å². The predicted octanol–water partition coefficient (Wildman–Crippen LogP) is -3.37. The van der Waals surface area contributed by atoms with E-state index in [1.165, 1.54) is 0 Å². The fraction of sp³-hybridized carbons (Fsp3) is 0.938. The maximum Gasteiger partial charge on any atom is 0.187 e. The molecule has 10 unspecified atom stereocenters. The van der Waals surface area contributed by atoms with Crippen LogP contribution in [0.4, 0.5) is 0 Å². The van der Waals surface area contributed by atoms with Crippen LogP contribution in [0.5, 0.6) is 0 Å². The summed E-state index contributed by atoms with van der Waals surface area (Å²) in [4.78, 5) is 11.2. The second-order valence-electron chi connectivity index (χ2n) is 7.61. The second kappa shape index (κ2) is 8.74. The van der Waals surface area contributed by atoms with Crippen LogP contribution in [-0.2, 0) is 23.7 Å². The molecule has 6 N–H and O–H groups in total. The zero-order chi connectivity index (χ0) is 20.5. The number of carbonyl (C=O) groups excluding carboxylic acids is 1. The van der Waals surface area contributed by atoms with Crippen molar-refractivity contribution in [1.29, 1.82) is 0 Å². The van der Waals surface area contributed by atoms with Crippen molar-refractivity contribution in [2.75, 3.05) is 6.61 Å². The van der Waals surface area contributed by atoms with Gasteiger partial charge in [-0.05, 0) is 20.8 Å². The molecule has 10 atom stereocenters. The highest BCUT2D eigenvalue weighted by atomic mass is 16.7. The Kier molecular flexibility index (Phi) is 7.30. The molecule has 0 aromatic heterocycles. The van der Waals surface area contributed by atoms with Crippen molar-refractivity contribution in [3.63, 3.8) is 0 Å². The monoisotopic (exact) mass is 396 g/mol. The van der Waals surface area contributed by atoms with Crippen LogP contribution in [0.15, 0.2) is 0 Å². The minimum Gasteiger partial charge on any atom is -0.394 e. The molecular weight excluding hydrogens is 368 g/mol. The van der Waals surface area contributed by atoms with Gasteiger partial charge in [-0.3, -0.25) is 0 Å². The fourth-order valence-electron chi connectivity index (χ4n) is 3.01. The fourth-order valence-corrected chi connectivity index (χ4v) is 3.01. The lowest BCUT2D eigenvalue weighted by atomic mass is 9.96. The van der Waals surface area contributed by atoms with Gasteiger partial charge < -0.3 is 54.4 Å². The number of hydrogen-bond donors (Lipinski definition) is 6. The van der Waals surface area contributed by atoms with Crippen LogP contribution >= 0.6 is 0 Å². The number of aldehydes is 1. The summed E-state index contributed by atoms with van der Waals surface area (Å²) >= 11 is 0. The Hall–Kier alpha value is -0.730. The molecule has 2 rings (SSSR count). The number of hydrogen-bond acceptors (Lipinski definition) is 11. The molecule has 27 heavy (non-hydrogen) atoms. The Balaban J connectivity index is 2.21. The lowest BCUT2D eigenvalue weighted by molar-refractivity contribution is -0.355. The van der Waals surface area contributed by atoms with E-state index in [1.54, 1.807) is 20.8 Å². The Morgan fingerprint density at radius 3 is 2.07 bits per heavy atom. The molecule has 0 aromatic carbocycles. The molecule has 0 bridgehead atoms. The van der Waals surface area contributed by atoms with Gasteiger partial charge in [0, 0.05) is 0 Å². The molecule has 2 aliphatic heterocycles. The maximum atomic E-state index is 11.2. The average Bonchev–Trinajstić information content (AvgIpc) is 2.59. The van der Waals surface area contributed by atoms with Crippen LogP contribution < -0.4 is 0 Å². The third-order valence-electron chi connectivity index (χ3n) is 4.34. The number of aliphatic hydroxyl groups is 6. The van der Waals surface area contributed by atoms with Crippen molar-refractivity contribution in [2.24, 2.45) is 0 Å². The van der Waals surface area contributed by atoms with Crippen LogP contribution in [-0.4, -0.2) is 111 Å². The Labute approximate surface area is 156 Å². The standard InChI is InChI=1S/C16H28O11/c1-16(2,3)27-13-8(19)6(4-17)25-15(11(13)22)26-12-7(5-18)24-14(23)10(21)9(12)20/h5-15,17,19-23H,4H2,1-3H3. The Bertz CT molecular complexity index is 495. The van der Waals surface area contributed by atoms with Gasteiger partial charge in [-0.15, -0.1) is 0 Å². The normalized spacial score (nSPS) is 46.3. The summed E-state index contributed by atoms with van der Waals surface area (Å²) < 4.78 is 21.3. The first-order valence-corrected chi connectivity index (χ1v) is 8.61. The minimum absolute atomic E-state index is 0.264. The van der Waals surface area contributed by atoms with E-state index >= 15 is 0 Å². The Morgan fingerprint density at radius 2 is 1.56 bits per heavy atom. The zero-order valence-electron chi connectivity index (χ0n) is 15.3. The zero-order valence-corrected chi connectivity index (χ0v) is 15.3. The number of carbonyl (C=O) groups is 1. The average molecular weight is 396 g/mol. The first kappa shape index (κ1) is 22.6. The Morgan fingerprint density at radius 1 is 0.926 bits per heavy atom. The highest BCUT2D eigenvalue weighted by Crippen LogP contribution is 2.31. The van der Waals surface area contributed by atoms with Crippen molar-refractivity contribution in [3.05, 3.63) is 0 Å². The second-order valence-corrected chi connectivity index (χ2v) is 7.61. The van der Waals surface area contributed by atoms with Crippen LogP contribution in [0.2, 0.25) is 0 Å². The summed E-state index contributed by atoms with van der Waals surface area (Å²) in [5, 5.41) is 59.6. The van der Waals surface area contributed by atoms with Crippen molar-refractivity contribution >= 4 is 6.29 Å². The summed E-state index contributed by atoms with van der Waals surface area (Å²) in [6, 6.07) is 0. The predicted molar refractivity (Wildman–Crippen MR) is 86.2 cm³/mol. The molecule has 0 aromatic rings. The van der Waals surface area contributed by atoms with Gasteiger partial charge >= 0.3 is 0 Å². The smallest absolute Gasteiger partial charge is 0.187 e.